The van der Waals surface area contributed by atoms with E-state index in [0.717, 1.165) is 96.3 Å². The summed E-state index contributed by atoms with van der Waals surface area (Å²) in [6, 6.07) is -0.889. The summed E-state index contributed by atoms with van der Waals surface area (Å²) in [5.41, 5.74) is 0. The molecule has 0 aliphatic carbocycles. The first-order chi connectivity index (χ1) is 31.4. The molecule has 0 saturated heterocycles. The van der Waals surface area contributed by atoms with Crippen LogP contribution in [-0.4, -0.2) is 69.4 Å². The van der Waals surface area contributed by atoms with Crippen molar-refractivity contribution in [2.45, 2.75) is 264 Å². The molecule has 0 radical (unpaired) electrons. The molecule has 9 nitrogen and oxygen atoms in total. The first kappa shape index (κ1) is 63.2. The van der Waals surface area contributed by atoms with Crippen LogP contribution < -0.4 is 10.2 Å². The first-order valence-corrected chi connectivity index (χ1v) is 28.8. The molecule has 0 spiro atoms. The van der Waals surface area contributed by atoms with E-state index >= 15 is 0 Å². The minimum absolute atomic E-state index is 0.0236. The average Bonchev–Trinajstić information content (AvgIpc) is 3.26. The summed E-state index contributed by atoms with van der Waals surface area (Å²) in [7, 11) is 1.18. The maximum absolute atomic E-state index is 13.4. The lowest BCUT2D eigenvalue weighted by Crippen LogP contribution is -2.47. The quantitative estimate of drug-likeness (QED) is 0.0212. The molecule has 3 unspecified atom stereocenters. The minimum Gasteiger partial charge on any atom is -0.756 e. The van der Waals surface area contributed by atoms with Crippen LogP contribution in [0.2, 0.25) is 0 Å². The lowest BCUT2D eigenvalue weighted by Gasteiger charge is -2.30. The zero-order valence-corrected chi connectivity index (χ0v) is 44.3. The Labute approximate surface area is 402 Å². The lowest BCUT2D eigenvalue weighted by atomic mass is 10.1. The summed E-state index contributed by atoms with van der Waals surface area (Å²) in [6.45, 7) is 6.78. The van der Waals surface area contributed by atoms with Gasteiger partial charge in [0.15, 0.2) is 0 Å². The molecule has 0 aromatic rings. The van der Waals surface area contributed by atoms with Gasteiger partial charge in [-0.1, -0.05) is 199 Å². The molecule has 10 heteroatoms. The molecule has 0 fully saturated rings. The molecule has 0 aliphatic heterocycles. The van der Waals surface area contributed by atoms with Gasteiger partial charge >= 0.3 is 5.97 Å². The van der Waals surface area contributed by atoms with Crippen LogP contribution in [0.3, 0.4) is 0 Å². The number of nitrogens with one attached hydrogen (secondary N) is 1. The molecule has 65 heavy (non-hydrogen) atoms. The summed E-state index contributed by atoms with van der Waals surface area (Å²) in [4.78, 5) is 39.7. The van der Waals surface area contributed by atoms with Gasteiger partial charge in [-0.25, -0.2) is 0 Å². The number of likely N-dealkylation sites (N-methyl/N-ethyl adjacent to an activating group) is 1. The average molecular weight is 937 g/mol. The monoisotopic (exact) mass is 937 g/mol. The topological polar surface area (TPSA) is 114 Å². The van der Waals surface area contributed by atoms with E-state index in [4.69, 9.17) is 13.8 Å². The van der Waals surface area contributed by atoms with Gasteiger partial charge in [0.2, 0.25) is 5.91 Å². The normalized spacial score (nSPS) is 14.1. The number of carbonyl (C=O) groups excluding carboxylic acids is 2. The second-order valence-corrected chi connectivity index (χ2v) is 21.1. The van der Waals surface area contributed by atoms with Gasteiger partial charge in [-0.2, -0.15) is 0 Å². The van der Waals surface area contributed by atoms with Crippen LogP contribution in [0.4, 0.5) is 0 Å². The predicted molar refractivity (Wildman–Crippen MR) is 275 cm³/mol. The standard InChI is InChI=1S/C55H105N2O7P/c1-7-10-13-16-19-22-25-26-27-28-29-30-33-36-39-42-45-48-55(59)64-53(46-43-40-37-34-31-23-20-17-14-11-8-2)52(51-63-65(60,61)62-50-49-57(4,5)6)56-54(58)47-44-41-38-35-32-24-21-18-15-12-9-3/h18,21,26-27,43,46,52-53H,7-17,19-20,22-25,28-42,44-45,47-51H2,1-6H3,(H-,56,58,60,61)/b21-18-,27-26+,46-43-. The number of phosphoric acid groups is 1. The van der Waals surface area contributed by atoms with Gasteiger partial charge in [0.1, 0.15) is 19.3 Å². The molecule has 0 heterocycles. The molecule has 0 aromatic heterocycles. The Morgan fingerprint density at radius 2 is 0.908 bits per heavy atom. The number of amides is 1. The van der Waals surface area contributed by atoms with Gasteiger partial charge in [-0.3, -0.25) is 14.2 Å². The Balaban J connectivity index is 5.33. The fourth-order valence-electron chi connectivity index (χ4n) is 7.73. The molecule has 0 saturated carbocycles. The summed E-state index contributed by atoms with van der Waals surface area (Å²) in [5, 5.41) is 3.00. The van der Waals surface area contributed by atoms with Crippen LogP contribution in [0, 0.1) is 0 Å². The number of unbranched alkanes of at least 4 members (excludes halogenated alkanes) is 29. The van der Waals surface area contributed by atoms with Crippen LogP contribution in [0.5, 0.6) is 0 Å². The zero-order chi connectivity index (χ0) is 48.0. The molecule has 0 aromatic carbocycles. The van der Waals surface area contributed by atoms with Crippen molar-refractivity contribution in [2.75, 3.05) is 40.9 Å². The van der Waals surface area contributed by atoms with E-state index in [2.05, 4.69) is 50.4 Å². The second kappa shape index (κ2) is 46.0. The molecule has 0 rings (SSSR count). The number of phosphoric ester groups is 1. The molecular formula is C55H105N2O7P. The number of nitrogens with zero attached hydrogens (tertiary/aromatic N) is 1. The molecule has 0 bridgehead atoms. The Morgan fingerprint density at radius 1 is 0.523 bits per heavy atom. The third-order valence-electron chi connectivity index (χ3n) is 12.0. The van der Waals surface area contributed by atoms with Crippen molar-refractivity contribution in [3.05, 3.63) is 36.5 Å². The van der Waals surface area contributed by atoms with Crippen molar-refractivity contribution in [2.24, 2.45) is 0 Å². The van der Waals surface area contributed by atoms with Crippen molar-refractivity contribution in [1.29, 1.82) is 0 Å². The van der Waals surface area contributed by atoms with Gasteiger partial charge in [0.25, 0.3) is 7.82 Å². The molecule has 1 amide bonds. The van der Waals surface area contributed by atoms with Crippen LogP contribution >= 0.6 is 7.82 Å². The van der Waals surface area contributed by atoms with E-state index in [1.807, 2.05) is 33.3 Å². The van der Waals surface area contributed by atoms with Crippen molar-refractivity contribution in [1.82, 2.24) is 5.32 Å². The van der Waals surface area contributed by atoms with Crippen LogP contribution in [0.1, 0.15) is 252 Å². The van der Waals surface area contributed by atoms with Crippen molar-refractivity contribution >= 4 is 19.7 Å². The van der Waals surface area contributed by atoms with Crippen molar-refractivity contribution < 1.29 is 37.3 Å². The number of carbonyl (C=O) groups is 2. The Morgan fingerprint density at radius 3 is 1.35 bits per heavy atom. The minimum atomic E-state index is -4.69. The van der Waals surface area contributed by atoms with Gasteiger partial charge < -0.3 is 28.5 Å². The summed E-state index contributed by atoms with van der Waals surface area (Å²) in [6.07, 6.45) is 52.5. The van der Waals surface area contributed by atoms with E-state index in [-0.39, 0.29) is 24.9 Å². The van der Waals surface area contributed by atoms with E-state index < -0.39 is 26.6 Å². The molecular weight excluding hydrogens is 832 g/mol. The van der Waals surface area contributed by atoms with Crippen LogP contribution in [0.15, 0.2) is 36.5 Å². The molecule has 3 atom stereocenters. The van der Waals surface area contributed by atoms with Crippen LogP contribution in [-0.2, 0) is 27.9 Å². The van der Waals surface area contributed by atoms with Gasteiger partial charge in [0.05, 0.1) is 33.8 Å². The zero-order valence-electron chi connectivity index (χ0n) is 43.4. The Bertz CT molecular complexity index is 1220. The van der Waals surface area contributed by atoms with E-state index in [1.54, 1.807) is 0 Å². The number of ether oxygens (including phenoxy) is 1. The highest BCUT2D eigenvalue weighted by Gasteiger charge is 2.27. The SMILES string of the molecule is CCCC/C=C\CCCCCCCC(=O)NC(COP(=O)([O-])OCC[N+](C)(C)C)C(/C=C\CCCCCCCCCCC)OC(=O)CCCCCCCCC/C=C/CCCCCCCC. The van der Waals surface area contributed by atoms with Crippen molar-refractivity contribution in [3.63, 3.8) is 0 Å². The fraction of sp³-hybridized carbons (Fsp3) is 0.855. The summed E-state index contributed by atoms with van der Waals surface area (Å²) < 4.78 is 30.1. The molecule has 382 valence electrons. The highest BCUT2D eigenvalue weighted by Crippen LogP contribution is 2.38. The number of allylic oxidation sites excluding steroid dienone is 5. The maximum Gasteiger partial charge on any atom is 0.306 e. The fourth-order valence-corrected chi connectivity index (χ4v) is 8.45. The lowest BCUT2D eigenvalue weighted by molar-refractivity contribution is -0.870. The van der Waals surface area contributed by atoms with Gasteiger partial charge in [0, 0.05) is 12.8 Å². The number of hydrogen-bond acceptors (Lipinski definition) is 7. The van der Waals surface area contributed by atoms with E-state index in [9.17, 15) is 19.0 Å². The highest BCUT2D eigenvalue weighted by molar-refractivity contribution is 7.45. The second-order valence-electron chi connectivity index (χ2n) is 19.7. The number of rotatable bonds is 49. The summed E-state index contributed by atoms with van der Waals surface area (Å²) in [5.74, 6) is -0.554. The summed E-state index contributed by atoms with van der Waals surface area (Å²) >= 11 is 0. The largest absolute Gasteiger partial charge is 0.756 e. The number of quaternary nitrogens is 1. The van der Waals surface area contributed by atoms with Gasteiger partial charge in [-0.15, -0.1) is 0 Å². The van der Waals surface area contributed by atoms with E-state index in [1.165, 1.54) is 122 Å². The first-order valence-electron chi connectivity index (χ1n) is 27.3. The third kappa shape index (κ3) is 47.1. The van der Waals surface area contributed by atoms with Gasteiger partial charge in [-0.05, 0) is 76.7 Å². The molecule has 0 aliphatic rings. The van der Waals surface area contributed by atoms with Crippen molar-refractivity contribution in [3.8, 4) is 0 Å². The highest BCUT2D eigenvalue weighted by atomic mass is 31.2. The Hall–Kier alpha value is -1.77. The maximum atomic E-state index is 13.4. The predicted octanol–water partition coefficient (Wildman–Crippen LogP) is 15.4. The van der Waals surface area contributed by atoms with Crippen LogP contribution in [0.25, 0.3) is 0 Å². The molecule has 1 N–H and O–H groups in total. The third-order valence-corrected chi connectivity index (χ3v) is 13.0. The van der Waals surface area contributed by atoms with E-state index in [0.29, 0.717) is 17.4 Å². The number of esters is 1. The number of hydrogen-bond donors (Lipinski definition) is 1. The smallest absolute Gasteiger partial charge is 0.306 e. The Kier molecular flexibility index (Phi) is 44.7.